The van der Waals surface area contributed by atoms with Crippen molar-refractivity contribution in [1.29, 1.82) is 0 Å². The molecule has 4 amide bonds. The van der Waals surface area contributed by atoms with Gasteiger partial charge in [-0.1, -0.05) is 92.7 Å². The van der Waals surface area contributed by atoms with Gasteiger partial charge in [0.1, 0.15) is 23.7 Å². The Hall–Kier alpha value is -6.96. The zero-order valence-electron chi connectivity index (χ0n) is 37.0. The van der Waals surface area contributed by atoms with Crippen molar-refractivity contribution in [2.24, 2.45) is 17.3 Å². The number of rotatable bonds is 11. The summed E-state index contributed by atoms with van der Waals surface area (Å²) in [6.07, 6.45) is 8.29. The number of fused-ring (bicyclic) bond motifs is 3. The van der Waals surface area contributed by atoms with Crippen LogP contribution in [0.5, 0.6) is 0 Å². The van der Waals surface area contributed by atoms with Gasteiger partial charge in [0.25, 0.3) is 5.91 Å². The Morgan fingerprint density at radius 3 is 2.03 bits per heavy atom. The number of alkyl carbamates (subject to hydrolysis) is 2. The van der Waals surface area contributed by atoms with Crippen molar-refractivity contribution in [2.75, 3.05) is 20.8 Å². The molecule has 65 heavy (non-hydrogen) atoms. The van der Waals surface area contributed by atoms with Gasteiger partial charge in [-0.3, -0.25) is 9.59 Å². The number of likely N-dealkylation sites (tertiary alicyclic amines) is 2. The first-order valence-corrected chi connectivity index (χ1v) is 22.6. The van der Waals surface area contributed by atoms with Crippen LogP contribution < -0.4 is 10.6 Å². The number of aromatic amines is 2. The second kappa shape index (κ2) is 16.9. The third-order valence-electron chi connectivity index (χ3n) is 14.3. The minimum atomic E-state index is -0.881. The van der Waals surface area contributed by atoms with Gasteiger partial charge in [0.2, 0.25) is 5.91 Å². The number of ether oxygens (including phenoxy) is 2. The lowest BCUT2D eigenvalue weighted by atomic mass is 9.95. The minimum absolute atomic E-state index is 0.0780. The first-order chi connectivity index (χ1) is 31.5. The number of aromatic nitrogens is 4. The molecule has 6 atom stereocenters. The van der Waals surface area contributed by atoms with Crippen molar-refractivity contribution in [2.45, 2.75) is 82.6 Å². The van der Waals surface area contributed by atoms with Gasteiger partial charge in [0.05, 0.1) is 50.1 Å². The predicted octanol–water partition coefficient (Wildman–Crippen LogP) is 8.87. The van der Waals surface area contributed by atoms with Crippen molar-refractivity contribution in [3.05, 3.63) is 121 Å². The van der Waals surface area contributed by atoms with Crippen LogP contribution in [0.3, 0.4) is 0 Å². The third kappa shape index (κ3) is 7.99. The number of hydrogen-bond acceptors (Lipinski definition) is 8. The second-order valence-electron chi connectivity index (χ2n) is 18.7. The van der Waals surface area contributed by atoms with Crippen LogP contribution in [0, 0.1) is 17.3 Å². The zero-order valence-corrected chi connectivity index (χ0v) is 37.0. The SMILES string of the molecule is COC(=O)NC(C(=O)N1CC2(CC2)CC1c1ncc(-c2ccc3cc(-c4ccc(-c5cnc(C6C7CCC(C7)N6C(=O)C(NC(=O)OC)C(C)C)[nH]5)cc4)ccc3c2)[nH]1)c1ccccc1. The summed E-state index contributed by atoms with van der Waals surface area (Å²) >= 11 is 0. The number of benzene rings is 4. The highest BCUT2D eigenvalue weighted by Crippen LogP contribution is 2.58. The number of methoxy groups -OCH3 is 2. The summed E-state index contributed by atoms with van der Waals surface area (Å²) in [6, 6.07) is 28.7. The smallest absolute Gasteiger partial charge is 0.407 e. The number of nitrogens with one attached hydrogen (secondary N) is 4. The van der Waals surface area contributed by atoms with Crippen LogP contribution >= 0.6 is 0 Å². The molecule has 0 radical (unpaired) electrons. The van der Waals surface area contributed by atoms with Gasteiger partial charge in [-0.25, -0.2) is 19.6 Å². The maximum Gasteiger partial charge on any atom is 0.407 e. The maximum atomic E-state index is 14.3. The van der Waals surface area contributed by atoms with Crippen molar-refractivity contribution in [3.8, 4) is 33.6 Å². The summed E-state index contributed by atoms with van der Waals surface area (Å²) in [4.78, 5) is 73.4. The van der Waals surface area contributed by atoms with Crippen LogP contribution in [0.4, 0.5) is 9.59 Å². The monoisotopic (exact) mass is 874 g/mol. The average molecular weight is 875 g/mol. The number of carbonyl (C=O) groups is 4. The maximum absolute atomic E-state index is 14.3. The minimum Gasteiger partial charge on any atom is -0.453 e. The van der Waals surface area contributed by atoms with E-state index in [1.54, 1.807) is 0 Å². The van der Waals surface area contributed by atoms with E-state index < -0.39 is 24.3 Å². The Morgan fingerprint density at radius 1 is 0.723 bits per heavy atom. The summed E-state index contributed by atoms with van der Waals surface area (Å²) < 4.78 is 9.73. The van der Waals surface area contributed by atoms with E-state index in [1.165, 1.54) is 14.2 Å². The molecule has 14 nitrogen and oxygen atoms in total. The summed E-state index contributed by atoms with van der Waals surface area (Å²) in [5.41, 5.74) is 6.70. The lowest BCUT2D eigenvalue weighted by Crippen LogP contribution is -2.54. The number of imidazole rings is 2. The van der Waals surface area contributed by atoms with Crippen LogP contribution in [0.2, 0.25) is 0 Å². The van der Waals surface area contributed by atoms with Crippen molar-refractivity contribution in [1.82, 2.24) is 40.4 Å². The molecule has 14 heteroatoms. The van der Waals surface area contributed by atoms with Gasteiger partial charge >= 0.3 is 12.2 Å². The molecule has 2 saturated heterocycles. The topological polar surface area (TPSA) is 175 Å². The van der Waals surface area contributed by atoms with Gasteiger partial charge < -0.3 is 39.9 Å². The molecule has 6 aromatic rings. The fourth-order valence-electron chi connectivity index (χ4n) is 10.6. The number of hydrogen-bond donors (Lipinski definition) is 4. The lowest BCUT2D eigenvalue weighted by molar-refractivity contribution is -0.139. The second-order valence-corrected chi connectivity index (χ2v) is 18.7. The molecule has 4 aliphatic rings. The highest BCUT2D eigenvalue weighted by molar-refractivity contribution is 5.91. The number of carbonyl (C=O) groups excluding carboxylic acids is 4. The molecule has 4 fully saturated rings. The first-order valence-electron chi connectivity index (χ1n) is 22.6. The first kappa shape index (κ1) is 42.0. The Balaban J connectivity index is 0.839. The molecule has 2 saturated carbocycles. The quantitative estimate of drug-likeness (QED) is 0.0999. The molecular weight excluding hydrogens is 821 g/mol. The fraction of sp³-hybridized carbons (Fsp3) is 0.373. The molecule has 334 valence electrons. The third-order valence-corrected chi connectivity index (χ3v) is 14.3. The summed E-state index contributed by atoms with van der Waals surface area (Å²) in [6.45, 7) is 4.48. The average Bonchev–Trinajstić information content (AvgIpc) is 3.97. The highest BCUT2D eigenvalue weighted by Gasteiger charge is 2.55. The van der Waals surface area contributed by atoms with Crippen molar-refractivity contribution in [3.63, 3.8) is 0 Å². The molecule has 2 bridgehead atoms. The molecule has 4 aromatic carbocycles. The van der Waals surface area contributed by atoms with E-state index in [0.29, 0.717) is 18.0 Å². The van der Waals surface area contributed by atoms with Crippen LogP contribution in [0.25, 0.3) is 44.4 Å². The molecule has 10 rings (SSSR count). The summed E-state index contributed by atoms with van der Waals surface area (Å²) in [7, 11) is 2.61. The largest absolute Gasteiger partial charge is 0.453 e. The number of nitrogens with zero attached hydrogens (tertiary/aromatic N) is 4. The van der Waals surface area contributed by atoms with Gasteiger partial charge in [-0.15, -0.1) is 0 Å². The van der Waals surface area contributed by atoms with E-state index >= 15 is 0 Å². The van der Waals surface area contributed by atoms with Gasteiger partial charge in [-0.05, 0) is 101 Å². The molecule has 2 aliphatic heterocycles. The molecule has 2 aromatic heterocycles. The van der Waals surface area contributed by atoms with Gasteiger partial charge in [-0.2, -0.15) is 0 Å². The fourth-order valence-corrected chi connectivity index (χ4v) is 10.6. The Kier molecular flexibility index (Phi) is 10.9. The lowest BCUT2D eigenvalue weighted by Gasteiger charge is -2.37. The number of H-pyrrole nitrogens is 2. The van der Waals surface area contributed by atoms with Crippen molar-refractivity contribution >= 4 is 34.8 Å². The van der Waals surface area contributed by atoms with E-state index in [0.717, 1.165) is 94.6 Å². The van der Waals surface area contributed by atoms with Crippen molar-refractivity contribution < 1.29 is 28.7 Å². The standard InChI is InChI=1S/C51H54N8O6/c1-29(2)42(56-49(62)64-3)48(61)59-38-19-18-37(24-38)44(59)46-53-26-39(55-46)31-12-10-30(11-13-31)33-14-15-35-23-36(17-16-34(35)22-33)40-27-52-45(54-40)41-25-51(20-21-51)28-58(41)47(60)43(57-50(63)65-4)32-8-6-5-7-9-32/h5-17,22-23,26-27,29,37-38,41-44H,18-21,24-25,28H2,1-4H3,(H,52,54)(H,53,55)(H,56,62)(H,57,63). The van der Waals surface area contributed by atoms with Crippen LogP contribution in [0.1, 0.15) is 87.7 Å². The highest BCUT2D eigenvalue weighted by atomic mass is 16.5. The van der Waals surface area contributed by atoms with E-state index in [2.05, 4.69) is 81.3 Å². The Labute approximate surface area is 377 Å². The Morgan fingerprint density at radius 2 is 1.34 bits per heavy atom. The van der Waals surface area contributed by atoms with Gasteiger partial charge in [0, 0.05) is 18.2 Å². The zero-order chi connectivity index (χ0) is 45.0. The summed E-state index contributed by atoms with van der Waals surface area (Å²) in [5, 5.41) is 7.73. The number of piperidine rings is 1. The molecular formula is C51H54N8O6. The van der Waals surface area contributed by atoms with Crippen LogP contribution in [-0.4, -0.2) is 86.6 Å². The van der Waals surface area contributed by atoms with E-state index in [1.807, 2.05) is 66.4 Å². The van der Waals surface area contributed by atoms with E-state index in [-0.39, 0.29) is 41.3 Å². The molecule has 6 unspecified atom stereocenters. The van der Waals surface area contributed by atoms with E-state index in [9.17, 15) is 19.2 Å². The molecule has 2 aliphatic carbocycles. The van der Waals surface area contributed by atoms with E-state index in [4.69, 9.17) is 19.4 Å². The van der Waals surface area contributed by atoms with Crippen LogP contribution in [0.15, 0.2) is 103 Å². The molecule has 4 N–H and O–H groups in total. The molecule has 4 heterocycles. The molecule has 1 spiro atoms. The normalized spacial score (nSPS) is 21.4. The Bertz CT molecular complexity index is 2760. The van der Waals surface area contributed by atoms with Crippen LogP contribution in [-0.2, 0) is 19.1 Å². The summed E-state index contributed by atoms with van der Waals surface area (Å²) in [5.74, 6) is 1.44. The number of amides is 4. The predicted molar refractivity (Wildman–Crippen MR) is 245 cm³/mol. The van der Waals surface area contributed by atoms with Gasteiger partial charge in [0.15, 0.2) is 0 Å².